The Morgan fingerprint density at radius 1 is 1.08 bits per heavy atom. The molecule has 1 aliphatic heterocycles. The largest absolute Gasteiger partial charge is 0.377 e. The maximum atomic E-state index is 5.57. The first-order chi connectivity index (χ1) is 11.8. The molecule has 1 N–H and O–H groups in total. The number of hydrogen-bond donors (Lipinski definition) is 1. The molecule has 1 aliphatic rings. The quantitative estimate of drug-likeness (QED) is 0.799. The molecule has 6 nitrogen and oxygen atoms in total. The summed E-state index contributed by atoms with van der Waals surface area (Å²) in [5.41, 5.74) is 4.33. The van der Waals surface area contributed by atoms with Crippen LogP contribution in [0.25, 0.3) is 22.0 Å². The molecule has 3 heterocycles. The summed E-state index contributed by atoms with van der Waals surface area (Å²) in [6.07, 6.45) is 5.74. The van der Waals surface area contributed by atoms with E-state index in [1.807, 2.05) is 18.6 Å². The van der Waals surface area contributed by atoms with Crippen LogP contribution in [0.1, 0.15) is 0 Å². The summed E-state index contributed by atoms with van der Waals surface area (Å²) in [5.74, 6) is 0. The molecular formula is C18H20N4O2. The lowest BCUT2D eigenvalue weighted by Crippen LogP contribution is -2.27. The van der Waals surface area contributed by atoms with E-state index in [1.54, 1.807) is 14.2 Å². The van der Waals surface area contributed by atoms with Gasteiger partial charge in [-0.3, -0.25) is 10.1 Å². The van der Waals surface area contributed by atoms with Gasteiger partial charge in [-0.05, 0) is 23.8 Å². The zero-order chi connectivity index (χ0) is 16.5. The normalized spacial score (nSPS) is 20.8. The van der Waals surface area contributed by atoms with Crippen molar-refractivity contribution < 1.29 is 9.47 Å². The Balaban J connectivity index is 1.77. The zero-order valence-corrected chi connectivity index (χ0v) is 13.8. The highest BCUT2D eigenvalue weighted by atomic mass is 16.5. The lowest BCUT2D eigenvalue weighted by molar-refractivity contribution is -0.00461. The van der Waals surface area contributed by atoms with Gasteiger partial charge in [-0.1, -0.05) is 6.07 Å². The number of hydrogen-bond acceptors (Lipinski definition) is 5. The summed E-state index contributed by atoms with van der Waals surface area (Å²) in [6, 6.07) is 8.36. The Morgan fingerprint density at radius 3 is 2.54 bits per heavy atom. The molecule has 4 rings (SSSR count). The van der Waals surface area contributed by atoms with E-state index in [2.05, 4.69) is 44.3 Å². The summed E-state index contributed by atoms with van der Waals surface area (Å²) in [6.45, 7) is 1.62. The fourth-order valence-electron chi connectivity index (χ4n) is 3.39. The fraction of sp³-hybridized carbons (Fsp3) is 0.333. The molecule has 0 spiro atoms. The predicted octanol–water partition coefficient (Wildman–Crippen LogP) is 2.47. The number of methoxy groups -OCH3 is 2. The van der Waals surface area contributed by atoms with Gasteiger partial charge in [-0.15, -0.1) is 0 Å². The van der Waals surface area contributed by atoms with Crippen LogP contribution >= 0.6 is 0 Å². The van der Waals surface area contributed by atoms with E-state index >= 15 is 0 Å². The van der Waals surface area contributed by atoms with Crippen molar-refractivity contribution in [3.8, 4) is 11.1 Å². The minimum Gasteiger partial charge on any atom is -0.377 e. The van der Waals surface area contributed by atoms with Crippen LogP contribution in [0.15, 0.2) is 42.9 Å². The number of ether oxygens (including phenoxy) is 2. The van der Waals surface area contributed by atoms with E-state index in [1.165, 1.54) is 0 Å². The third-order valence-electron chi connectivity index (χ3n) is 4.71. The van der Waals surface area contributed by atoms with Crippen LogP contribution in [0.3, 0.4) is 0 Å². The molecule has 0 saturated carbocycles. The van der Waals surface area contributed by atoms with Crippen molar-refractivity contribution in [1.29, 1.82) is 0 Å². The van der Waals surface area contributed by atoms with E-state index in [-0.39, 0.29) is 12.2 Å². The van der Waals surface area contributed by atoms with Crippen LogP contribution in [0, 0.1) is 0 Å². The highest BCUT2D eigenvalue weighted by molar-refractivity contribution is 5.94. The maximum Gasteiger partial charge on any atom is 0.102 e. The van der Waals surface area contributed by atoms with Crippen LogP contribution in [-0.2, 0) is 9.47 Å². The SMILES string of the molecule is CO[C@H]1CN(c2ccnc3ccc(-c4cn[nH]c4)cc23)C[C@@H]1OC. The lowest BCUT2D eigenvalue weighted by atomic mass is 10.1. The number of pyridine rings is 1. The summed E-state index contributed by atoms with van der Waals surface area (Å²) >= 11 is 0. The molecule has 2 aromatic heterocycles. The summed E-state index contributed by atoms with van der Waals surface area (Å²) in [5, 5.41) is 8.03. The Hall–Kier alpha value is -2.44. The van der Waals surface area contributed by atoms with Crippen LogP contribution in [-0.4, -0.2) is 54.7 Å². The number of benzene rings is 1. The van der Waals surface area contributed by atoms with Crippen molar-refractivity contribution in [3.63, 3.8) is 0 Å². The van der Waals surface area contributed by atoms with Crippen molar-refractivity contribution in [1.82, 2.24) is 15.2 Å². The molecule has 0 unspecified atom stereocenters. The number of aromatic nitrogens is 3. The van der Waals surface area contributed by atoms with Crippen molar-refractivity contribution in [3.05, 3.63) is 42.9 Å². The molecule has 1 saturated heterocycles. The average molecular weight is 324 g/mol. The Kier molecular flexibility index (Phi) is 3.92. The van der Waals surface area contributed by atoms with E-state index < -0.39 is 0 Å². The van der Waals surface area contributed by atoms with Gasteiger partial charge in [0.2, 0.25) is 0 Å². The van der Waals surface area contributed by atoms with E-state index in [0.29, 0.717) is 0 Å². The number of anilines is 1. The summed E-state index contributed by atoms with van der Waals surface area (Å²) in [4.78, 5) is 6.81. The van der Waals surface area contributed by atoms with Gasteiger partial charge < -0.3 is 14.4 Å². The fourth-order valence-corrected chi connectivity index (χ4v) is 3.39. The molecule has 0 bridgehead atoms. The molecule has 1 aromatic carbocycles. The third-order valence-corrected chi connectivity index (χ3v) is 4.71. The Labute approximate surface area is 140 Å². The topological polar surface area (TPSA) is 63.3 Å². The average Bonchev–Trinajstić information content (AvgIpc) is 3.30. The van der Waals surface area contributed by atoms with Crippen molar-refractivity contribution in [2.45, 2.75) is 12.2 Å². The molecule has 0 radical (unpaired) electrons. The van der Waals surface area contributed by atoms with Gasteiger partial charge in [0.05, 0.1) is 11.7 Å². The minimum absolute atomic E-state index is 0.0790. The second-order valence-electron chi connectivity index (χ2n) is 6.00. The maximum absolute atomic E-state index is 5.57. The molecule has 24 heavy (non-hydrogen) atoms. The molecule has 2 atom stereocenters. The first kappa shape index (κ1) is 15.1. The molecule has 1 fully saturated rings. The molecule has 6 heteroatoms. The van der Waals surface area contributed by atoms with Crippen molar-refractivity contribution >= 4 is 16.6 Å². The van der Waals surface area contributed by atoms with Gasteiger partial charge >= 0.3 is 0 Å². The van der Waals surface area contributed by atoms with Gasteiger partial charge in [0.25, 0.3) is 0 Å². The van der Waals surface area contributed by atoms with Crippen LogP contribution in [0.2, 0.25) is 0 Å². The van der Waals surface area contributed by atoms with Gasteiger partial charge in [0.15, 0.2) is 0 Å². The van der Waals surface area contributed by atoms with Crippen molar-refractivity contribution in [2.24, 2.45) is 0 Å². The third kappa shape index (κ3) is 2.53. The predicted molar refractivity (Wildman–Crippen MR) is 93.1 cm³/mol. The second kappa shape index (κ2) is 6.22. The van der Waals surface area contributed by atoms with Gasteiger partial charge in [-0.25, -0.2) is 0 Å². The lowest BCUT2D eigenvalue weighted by Gasteiger charge is -2.20. The number of nitrogens with one attached hydrogen (secondary N) is 1. The first-order valence-corrected chi connectivity index (χ1v) is 7.98. The Morgan fingerprint density at radius 2 is 1.88 bits per heavy atom. The molecule has 3 aromatic rings. The zero-order valence-electron chi connectivity index (χ0n) is 13.8. The molecule has 124 valence electrons. The smallest absolute Gasteiger partial charge is 0.102 e. The Bertz CT molecular complexity index is 822. The highest BCUT2D eigenvalue weighted by Gasteiger charge is 2.33. The number of H-pyrrole nitrogens is 1. The molecular weight excluding hydrogens is 304 g/mol. The van der Waals surface area contributed by atoms with Crippen LogP contribution in [0.4, 0.5) is 5.69 Å². The molecule has 0 aliphatic carbocycles. The van der Waals surface area contributed by atoms with Crippen LogP contribution in [0.5, 0.6) is 0 Å². The number of fused-ring (bicyclic) bond motifs is 1. The van der Waals surface area contributed by atoms with Crippen molar-refractivity contribution in [2.75, 3.05) is 32.2 Å². The highest BCUT2D eigenvalue weighted by Crippen LogP contribution is 2.32. The van der Waals surface area contributed by atoms with Crippen LogP contribution < -0.4 is 4.90 Å². The number of nitrogens with zero attached hydrogens (tertiary/aromatic N) is 3. The first-order valence-electron chi connectivity index (χ1n) is 7.98. The summed E-state index contributed by atoms with van der Waals surface area (Å²) in [7, 11) is 3.48. The van der Waals surface area contributed by atoms with E-state index in [4.69, 9.17) is 9.47 Å². The number of aromatic amines is 1. The minimum atomic E-state index is 0.0790. The summed E-state index contributed by atoms with van der Waals surface area (Å²) < 4.78 is 11.1. The molecule has 0 amide bonds. The van der Waals surface area contributed by atoms with E-state index in [9.17, 15) is 0 Å². The van der Waals surface area contributed by atoms with E-state index in [0.717, 1.165) is 40.8 Å². The monoisotopic (exact) mass is 324 g/mol. The van der Waals surface area contributed by atoms with Gasteiger partial charge in [0.1, 0.15) is 12.2 Å². The van der Waals surface area contributed by atoms with Gasteiger partial charge in [-0.2, -0.15) is 5.10 Å². The number of rotatable bonds is 4. The second-order valence-corrected chi connectivity index (χ2v) is 6.00. The van der Waals surface area contributed by atoms with Gasteiger partial charge in [0, 0.05) is 56.3 Å². The standard InChI is InChI=1S/C18H20N4O2/c1-23-17-10-22(11-18(17)24-2)16-5-6-19-15-4-3-12(7-14(15)16)13-8-20-21-9-13/h3-9,17-18H,10-11H2,1-2H3,(H,20,21)/t17-,18-/m0/s1.